The highest BCUT2D eigenvalue weighted by Crippen LogP contribution is 2.31. The van der Waals surface area contributed by atoms with Gasteiger partial charge in [-0.15, -0.1) is 0 Å². The average molecular weight is 295 g/mol. The topological polar surface area (TPSA) is 71.7 Å². The van der Waals surface area contributed by atoms with Gasteiger partial charge in [0.05, 0.1) is 28.9 Å². The smallest absolute Gasteiger partial charge is 0.210 e. The standard InChI is InChI=1S/C10H13Cl2FN4O/c1-18-3-2-15-10(17-14)16-9-7(11)4-6(13)5-8(9)12/h4-5H,2-3,14H2,1H3,(H2,15,16,17). The van der Waals surface area contributed by atoms with Crippen LogP contribution in [0.4, 0.5) is 10.1 Å². The van der Waals surface area contributed by atoms with E-state index in [9.17, 15) is 4.39 Å². The number of benzene rings is 1. The lowest BCUT2D eigenvalue weighted by atomic mass is 10.3. The molecule has 5 nitrogen and oxygen atoms in total. The van der Waals surface area contributed by atoms with E-state index >= 15 is 0 Å². The fraction of sp³-hybridized carbons (Fsp3) is 0.300. The van der Waals surface area contributed by atoms with Crippen LogP contribution in [0.3, 0.4) is 0 Å². The Hall–Kier alpha value is -1.08. The second kappa shape index (κ2) is 7.38. The lowest BCUT2D eigenvalue weighted by molar-refractivity contribution is 0.208. The maximum Gasteiger partial charge on any atom is 0.210 e. The van der Waals surface area contributed by atoms with Crippen LogP contribution in [0.25, 0.3) is 0 Å². The van der Waals surface area contributed by atoms with Crippen molar-refractivity contribution in [2.75, 3.05) is 25.6 Å². The summed E-state index contributed by atoms with van der Waals surface area (Å²) in [5.74, 6) is 5.02. The van der Waals surface area contributed by atoms with Gasteiger partial charge in [-0.2, -0.15) is 0 Å². The molecule has 0 bridgehead atoms. The number of nitrogens with two attached hydrogens (primary N) is 1. The molecule has 0 atom stereocenters. The lowest BCUT2D eigenvalue weighted by Crippen LogP contribution is -2.36. The predicted molar refractivity (Wildman–Crippen MR) is 71.5 cm³/mol. The van der Waals surface area contributed by atoms with Gasteiger partial charge in [0, 0.05) is 7.11 Å². The first-order chi connectivity index (χ1) is 8.58. The van der Waals surface area contributed by atoms with Crippen LogP contribution in [0.1, 0.15) is 0 Å². The van der Waals surface area contributed by atoms with Crippen LogP contribution < -0.4 is 16.6 Å². The molecule has 0 unspecified atom stereocenters. The Morgan fingerprint density at radius 2 is 2.06 bits per heavy atom. The molecule has 0 saturated heterocycles. The zero-order valence-corrected chi connectivity index (χ0v) is 11.1. The predicted octanol–water partition coefficient (Wildman–Crippen LogP) is 2.01. The van der Waals surface area contributed by atoms with Crippen molar-refractivity contribution in [2.45, 2.75) is 0 Å². The minimum absolute atomic E-state index is 0.134. The molecule has 0 aliphatic rings. The summed E-state index contributed by atoms with van der Waals surface area (Å²) in [7, 11) is 1.56. The van der Waals surface area contributed by atoms with Crippen LogP contribution in [-0.2, 0) is 4.74 Å². The van der Waals surface area contributed by atoms with Crippen molar-refractivity contribution in [3.63, 3.8) is 0 Å². The summed E-state index contributed by atoms with van der Waals surface area (Å²) in [6.07, 6.45) is 0. The minimum Gasteiger partial charge on any atom is -0.383 e. The molecule has 0 heterocycles. The van der Waals surface area contributed by atoms with Gasteiger partial charge in [0.2, 0.25) is 5.96 Å². The molecule has 0 aromatic heterocycles. The molecule has 0 fully saturated rings. The number of aliphatic imine (C=N–C) groups is 1. The molecule has 18 heavy (non-hydrogen) atoms. The SMILES string of the molecule is COCCN=C(NN)Nc1c(Cl)cc(F)cc1Cl. The van der Waals surface area contributed by atoms with Crippen molar-refractivity contribution in [1.29, 1.82) is 0 Å². The number of halogens is 3. The van der Waals surface area contributed by atoms with Crippen LogP contribution in [-0.4, -0.2) is 26.2 Å². The number of anilines is 1. The first-order valence-electron chi connectivity index (χ1n) is 5.00. The fourth-order valence-corrected chi connectivity index (χ4v) is 1.70. The van der Waals surface area contributed by atoms with Crippen LogP contribution in [0.5, 0.6) is 0 Å². The van der Waals surface area contributed by atoms with Crippen molar-refractivity contribution in [3.05, 3.63) is 28.0 Å². The van der Waals surface area contributed by atoms with Crippen molar-refractivity contribution in [1.82, 2.24) is 5.43 Å². The summed E-state index contributed by atoms with van der Waals surface area (Å²) in [6.45, 7) is 0.844. The van der Waals surface area contributed by atoms with Gasteiger partial charge in [-0.05, 0) is 12.1 Å². The molecule has 0 radical (unpaired) electrons. The largest absolute Gasteiger partial charge is 0.383 e. The number of nitrogens with one attached hydrogen (secondary N) is 2. The number of hydrogen-bond acceptors (Lipinski definition) is 3. The number of rotatable bonds is 4. The molecule has 1 aromatic carbocycles. The van der Waals surface area contributed by atoms with Gasteiger partial charge in [-0.25, -0.2) is 15.2 Å². The van der Waals surface area contributed by atoms with Gasteiger partial charge < -0.3 is 10.1 Å². The quantitative estimate of drug-likeness (QED) is 0.261. The van der Waals surface area contributed by atoms with E-state index < -0.39 is 5.82 Å². The van der Waals surface area contributed by atoms with Gasteiger partial charge >= 0.3 is 0 Å². The Kier molecular flexibility index (Phi) is 6.14. The Morgan fingerprint density at radius 3 is 2.56 bits per heavy atom. The van der Waals surface area contributed by atoms with Crippen molar-refractivity contribution < 1.29 is 9.13 Å². The second-order valence-corrected chi connectivity index (χ2v) is 4.05. The normalized spacial score (nSPS) is 11.5. The van der Waals surface area contributed by atoms with Gasteiger partial charge in [0.1, 0.15) is 5.82 Å². The first kappa shape index (κ1) is 15.0. The highest BCUT2D eigenvalue weighted by Gasteiger charge is 2.10. The van der Waals surface area contributed by atoms with E-state index in [1.165, 1.54) is 0 Å². The van der Waals surface area contributed by atoms with Gasteiger partial charge in [0.25, 0.3) is 0 Å². The average Bonchev–Trinajstić information content (AvgIpc) is 2.31. The molecule has 4 N–H and O–H groups in total. The molecule has 8 heteroatoms. The molecule has 1 aromatic rings. The number of ether oxygens (including phenoxy) is 1. The fourth-order valence-electron chi connectivity index (χ4n) is 1.15. The van der Waals surface area contributed by atoms with E-state index in [0.717, 1.165) is 12.1 Å². The monoisotopic (exact) mass is 294 g/mol. The van der Waals surface area contributed by atoms with Crippen LogP contribution in [0.15, 0.2) is 17.1 Å². The maximum absolute atomic E-state index is 13.0. The molecule has 1 rings (SSSR count). The third kappa shape index (κ3) is 4.30. The molecule has 0 aliphatic heterocycles. The summed E-state index contributed by atoms with van der Waals surface area (Å²) >= 11 is 11.7. The maximum atomic E-state index is 13.0. The summed E-state index contributed by atoms with van der Waals surface area (Å²) in [5.41, 5.74) is 2.68. The number of hydrazine groups is 1. The van der Waals surface area contributed by atoms with Crippen LogP contribution in [0, 0.1) is 5.82 Å². The molecule has 0 saturated carbocycles. The second-order valence-electron chi connectivity index (χ2n) is 3.24. The number of hydrogen-bond donors (Lipinski definition) is 3. The first-order valence-corrected chi connectivity index (χ1v) is 5.75. The molecule has 0 amide bonds. The molecular weight excluding hydrogens is 282 g/mol. The third-order valence-electron chi connectivity index (χ3n) is 1.95. The van der Waals surface area contributed by atoms with Crippen LogP contribution >= 0.6 is 23.2 Å². The van der Waals surface area contributed by atoms with Gasteiger partial charge in [0.15, 0.2) is 0 Å². The highest BCUT2D eigenvalue weighted by atomic mass is 35.5. The van der Waals surface area contributed by atoms with E-state index in [1.807, 2.05) is 0 Å². The summed E-state index contributed by atoms with van der Waals surface area (Å²) in [5, 5.41) is 3.05. The lowest BCUT2D eigenvalue weighted by Gasteiger charge is -2.12. The Bertz CT molecular complexity index is 419. The van der Waals surface area contributed by atoms with Crippen molar-refractivity contribution >= 4 is 34.8 Å². The van der Waals surface area contributed by atoms with E-state index in [-0.39, 0.29) is 16.0 Å². The van der Waals surface area contributed by atoms with E-state index in [2.05, 4.69) is 15.7 Å². The van der Waals surface area contributed by atoms with Crippen molar-refractivity contribution in [2.24, 2.45) is 10.8 Å². The van der Waals surface area contributed by atoms with E-state index in [1.54, 1.807) is 7.11 Å². The number of nitrogens with zero attached hydrogens (tertiary/aromatic N) is 1. The van der Waals surface area contributed by atoms with E-state index in [0.29, 0.717) is 18.8 Å². The Morgan fingerprint density at radius 1 is 1.44 bits per heavy atom. The summed E-state index contributed by atoms with van der Waals surface area (Å²) in [4.78, 5) is 4.07. The van der Waals surface area contributed by atoms with Gasteiger partial charge in [-0.3, -0.25) is 5.43 Å². The molecule has 0 spiro atoms. The van der Waals surface area contributed by atoms with Crippen LogP contribution in [0.2, 0.25) is 10.0 Å². The summed E-state index contributed by atoms with van der Waals surface area (Å²) < 4.78 is 17.8. The minimum atomic E-state index is -0.519. The third-order valence-corrected chi connectivity index (χ3v) is 2.55. The van der Waals surface area contributed by atoms with Crippen molar-refractivity contribution in [3.8, 4) is 0 Å². The molecule has 0 aliphatic carbocycles. The van der Waals surface area contributed by atoms with E-state index in [4.69, 9.17) is 33.8 Å². The Labute approximate surface area is 114 Å². The Balaban J connectivity index is 2.85. The molecular formula is C10H13Cl2FN4O. The summed E-state index contributed by atoms with van der Waals surface area (Å²) in [6, 6.07) is 2.28. The highest BCUT2D eigenvalue weighted by molar-refractivity contribution is 6.39. The zero-order valence-electron chi connectivity index (χ0n) is 9.64. The molecule has 100 valence electrons. The number of methoxy groups -OCH3 is 1. The van der Waals surface area contributed by atoms with Gasteiger partial charge in [-0.1, -0.05) is 23.2 Å². The zero-order chi connectivity index (χ0) is 13.5. The number of guanidine groups is 1.